The van der Waals surface area contributed by atoms with Crippen LogP contribution >= 0.6 is 0 Å². The van der Waals surface area contributed by atoms with E-state index in [0.29, 0.717) is 0 Å². The van der Waals surface area contributed by atoms with E-state index in [0.717, 1.165) is 0 Å². The Morgan fingerprint density at radius 1 is 1.19 bits per heavy atom. The second kappa shape index (κ2) is 6.63. The van der Waals surface area contributed by atoms with Crippen molar-refractivity contribution in [1.82, 2.24) is 4.72 Å². The minimum atomic E-state index is -3.55. The zero-order valence-electron chi connectivity index (χ0n) is 9.26. The predicted octanol–water partition coefficient (Wildman–Crippen LogP) is -3.00. The summed E-state index contributed by atoms with van der Waals surface area (Å²) in [6, 6.07) is 6.09. The van der Waals surface area contributed by atoms with Crippen molar-refractivity contribution in [3.05, 3.63) is 29.8 Å². The second-order valence-corrected chi connectivity index (χ2v) is 4.43. The van der Waals surface area contributed by atoms with Gasteiger partial charge in [-0.25, -0.2) is 13.1 Å². The average Bonchev–Trinajstić information content (AvgIpc) is 2.40. The van der Waals surface area contributed by atoms with Crippen LogP contribution in [0.25, 0.3) is 0 Å². The number of nitrogens with one attached hydrogen (secondary N) is 1. The van der Waals surface area contributed by atoms with E-state index in [2.05, 4.69) is 0 Å². The topological polar surface area (TPSA) is 97.4 Å². The third kappa shape index (κ3) is 3.48. The normalized spacial score (nSPS) is 14.4. The summed E-state index contributed by atoms with van der Waals surface area (Å²) in [5.74, 6) is -0.550. The zero-order valence-corrected chi connectivity index (χ0v) is 12.6. The molecule has 0 fully saturated rings. The molecule has 80 valence electrons. The maximum atomic E-state index is 11.1. The quantitative estimate of drug-likeness (QED) is 0.513. The van der Waals surface area contributed by atoms with Crippen molar-refractivity contribution in [3.8, 4) is 0 Å². The van der Waals surface area contributed by atoms with E-state index in [1.807, 2.05) is 4.72 Å². The molecule has 1 heterocycles. The van der Waals surface area contributed by atoms with Crippen molar-refractivity contribution in [3.63, 3.8) is 0 Å². The van der Waals surface area contributed by atoms with Crippen molar-refractivity contribution < 1.29 is 69.9 Å². The fourth-order valence-corrected chi connectivity index (χ4v) is 2.29. The van der Waals surface area contributed by atoms with E-state index in [1.165, 1.54) is 12.1 Å². The van der Waals surface area contributed by atoms with Crippen LogP contribution in [0, 0.1) is 0 Å². The number of benzene rings is 1. The summed E-state index contributed by atoms with van der Waals surface area (Å²) < 4.78 is 41.2. The molecular formula is C7H6NNaO5STi. The molecule has 0 bridgehead atoms. The summed E-state index contributed by atoms with van der Waals surface area (Å²) in [6.07, 6.45) is 0. The molecular weight excluding hydrogens is 281 g/mol. The summed E-state index contributed by atoms with van der Waals surface area (Å²) in [4.78, 5) is 11.1. The van der Waals surface area contributed by atoms with E-state index < -0.39 is 35.0 Å². The molecule has 1 aromatic rings. The van der Waals surface area contributed by atoms with Gasteiger partial charge in [0.2, 0.25) is 0 Å². The molecule has 0 radical (unpaired) electrons. The Bertz CT molecular complexity index is 543. The first kappa shape index (κ1) is 16.0. The number of rotatable bonds is 0. The van der Waals surface area contributed by atoms with Crippen molar-refractivity contribution in [1.29, 1.82) is 0 Å². The number of sulfonamides is 1. The van der Waals surface area contributed by atoms with Crippen LogP contribution in [0.15, 0.2) is 29.2 Å². The molecule has 16 heavy (non-hydrogen) atoms. The van der Waals surface area contributed by atoms with E-state index in [9.17, 15) is 13.2 Å². The van der Waals surface area contributed by atoms with Gasteiger partial charge in [0.15, 0.2) is 0 Å². The van der Waals surface area contributed by atoms with Gasteiger partial charge in [-0.2, -0.15) is 0 Å². The molecule has 0 unspecified atom stereocenters. The Balaban J connectivity index is 0. The first-order valence-electron chi connectivity index (χ1n) is 3.68. The van der Waals surface area contributed by atoms with Crippen LogP contribution in [0.3, 0.4) is 0 Å². The van der Waals surface area contributed by atoms with Gasteiger partial charge in [-0.3, -0.25) is 4.79 Å². The molecule has 0 atom stereocenters. The Hall–Kier alpha value is -0.0457. The van der Waals surface area contributed by atoms with Crippen LogP contribution in [-0.4, -0.2) is 14.3 Å². The third-order valence-corrected chi connectivity index (χ3v) is 3.04. The third-order valence-electron chi connectivity index (χ3n) is 1.65. The molecule has 1 N–H and O–H groups in total. The van der Waals surface area contributed by atoms with Gasteiger partial charge in [0.05, 0.1) is 5.56 Å². The summed E-state index contributed by atoms with van der Waals surface area (Å²) in [5.41, 5.74) is 0.220. The Kier molecular flexibility index (Phi) is 6.61. The van der Waals surface area contributed by atoms with Crippen LogP contribution < -0.4 is 34.3 Å². The number of carbonyl (C=O) groups is 1. The van der Waals surface area contributed by atoms with Gasteiger partial charge in [0, 0.05) is 0 Å². The van der Waals surface area contributed by atoms with Gasteiger partial charge in [0.1, 0.15) is 4.90 Å². The SMILES string of the molecule is O=C1NS(=O)(=O)c2ccccc21.[H-].[Na+].[O]=[Ti]=[O]. The van der Waals surface area contributed by atoms with Crippen LogP contribution in [0.2, 0.25) is 0 Å². The summed E-state index contributed by atoms with van der Waals surface area (Å²) >= 11 is -2.00. The van der Waals surface area contributed by atoms with E-state index >= 15 is 0 Å². The molecule has 1 amide bonds. The van der Waals surface area contributed by atoms with Gasteiger partial charge in [-0.1, -0.05) is 12.1 Å². The molecule has 0 aliphatic carbocycles. The molecule has 2 rings (SSSR count). The molecule has 0 aromatic heterocycles. The van der Waals surface area contributed by atoms with Crippen molar-refractivity contribution in [2.75, 3.05) is 0 Å². The Labute approximate surface area is 124 Å². The van der Waals surface area contributed by atoms with Gasteiger partial charge < -0.3 is 1.43 Å². The predicted molar refractivity (Wildman–Crippen MR) is 43.6 cm³/mol. The fourth-order valence-electron chi connectivity index (χ4n) is 1.12. The minimum absolute atomic E-state index is 0. The second-order valence-electron chi connectivity index (χ2n) is 2.51. The number of hydrogen-bond donors (Lipinski definition) is 1. The van der Waals surface area contributed by atoms with Gasteiger partial charge in [-0.15, -0.1) is 0 Å². The number of hydrogen-bond acceptors (Lipinski definition) is 5. The van der Waals surface area contributed by atoms with Crippen LogP contribution in [-0.2, 0) is 35.8 Å². The maximum absolute atomic E-state index is 11.1. The van der Waals surface area contributed by atoms with E-state index in [1.54, 1.807) is 12.1 Å². The summed E-state index contributed by atoms with van der Waals surface area (Å²) in [6.45, 7) is 0. The average molecular weight is 287 g/mol. The number of fused-ring (bicyclic) bond motifs is 1. The molecule has 1 aliphatic rings. The van der Waals surface area contributed by atoms with E-state index in [-0.39, 0.29) is 41.4 Å². The zero-order chi connectivity index (χ0) is 11.5. The number of carbonyl (C=O) groups excluding carboxylic acids is 1. The summed E-state index contributed by atoms with van der Waals surface area (Å²) in [5, 5.41) is 0. The Morgan fingerprint density at radius 2 is 1.69 bits per heavy atom. The van der Waals surface area contributed by atoms with Crippen molar-refractivity contribution in [2.45, 2.75) is 4.90 Å². The first-order valence-corrected chi connectivity index (χ1v) is 6.44. The molecule has 0 spiro atoms. The standard InChI is InChI=1S/C7H5NO3S.Na.2O.Ti.H/c9-7-5-3-1-2-4-6(5)12(10,11)8-7;;;;;/h1-4H,(H,8,9);;;;;/q;+1;;;;-1. The van der Waals surface area contributed by atoms with Crippen LogP contribution in [0.5, 0.6) is 0 Å². The fraction of sp³-hybridized carbons (Fsp3) is 0. The van der Waals surface area contributed by atoms with Crippen molar-refractivity contribution in [2.24, 2.45) is 0 Å². The van der Waals surface area contributed by atoms with Gasteiger partial charge >= 0.3 is 55.3 Å². The molecule has 1 aromatic carbocycles. The monoisotopic (exact) mass is 287 g/mol. The van der Waals surface area contributed by atoms with Crippen molar-refractivity contribution >= 4 is 15.9 Å². The van der Waals surface area contributed by atoms with E-state index in [4.69, 9.17) is 6.65 Å². The van der Waals surface area contributed by atoms with Gasteiger partial charge in [0.25, 0.3) is 15.9 Å². The molecule has 6 nitrogen and oxygen atoms in total. The molecule has 1 aliphatic heterocycles. The first-order chi connectivity index (χ1) is 7.03. The molecule has 9 heteroatoms. The van der Waals surface area contributed by atoms with Gasteiger partial charge in [-0.05, 0) is 12.1 Å². The number of amides is 1. The molecule has 0 saturated heterocycles. The Morgan fingerprint density at radius 3 is 2.19 bits per heavy atom. The summed E-state index contributed by atoms with van der Waals surface area (Å²) in [7, 11) is -3.55. The van der Waals surface area contributed by atoms with Crippen LogP contribution in [0.1, 0.15) is 11.8 Å². The van der Waals surface area contributed by atoms with Crippen LogP contribution in [0.4, 0.5) is 0 Å². The molecule has 0 saturated carbocycles.